The van der Waals surface area contributed by atoms with Crippen LogP contribution in [0.4, 0.5) is 0 Å². The molecule has 0 spiro atoms. The molecule has 3 rings (SSSR count). The highest BCUT2D eigenvalue weighted by Gasteiger charge is 2.34. The Labute approximate surface area is 117 Å². The van der Waals surface area contributed by atoms with Gasteiger partial charge >= 0.3 is 5.97 Å². The van der Waals surface area contributed by atoms with Crippen LogP contribution in [0.25, 0.3) is 0 Å². The van der Waals surface area contributed by atoms with Gasteiger partial charge in [0.25, 0.3) is 5.91 Å². The van der Waals surface area contributed by atoms with Crippen molar-refractivity contribution in [2.45, 2.75) is 51.1 Å². The molecule has 2 atom stereocenters. The molecule has 6 nitrogen and oxygen atoms in total. The van der Waals surface area contributed by atoms with Crippen LogP contribution in [0, 0.1) is 5.92 Å². The second-order valence-corrected chi connectivity index (χ2v) is 5.64. The Hall–Kier alpha value is -1.85. The van der Waals surface area contributed by atoms with Gasteiger partial charge in [-0.1, -0.05) is 6.42 Å². The van der Waals surface area contributed by atoms with E-state index < -0.39 is 11.9 Å². The molecule has 0 radical (unpaired) electrons. The fraction of sp³-hybridized carbons (Fsp3) is 0.643. The lowest BCUT2D eigenvalue weighted by molar-refractivity contribution is -0.142. The quantitative estimate of drug-likeness (QED) is 0.869. The minimum atomic E-state index is -0.815. The number of nitrogens with zero attached hydrogens (tertiary/aromatic N) is 2. The van der Waals surface area contributed by atoms with Gasteiger partial charge in [-0.3, -0.25) is 14.3 Å². The highest BCUT2D eigenvalue weighted by molar-refractivity contribution is 5.95. The Morgan fingerprint density at radius 1 is 1.30 bits per heavy atom. The summed E-state index contributed by atoms with van der Waals surface area (Å²) in [6.07, 6.45) is 6.90. The van der Waals surface area contributed by atoms with Crippen molar-refractivity contribution in [3.63, 3.8) is 0 Å². The van der Waals surface area contributed by atoms with Crippen molar-refractivity contribution in [2.24, 2.45) is 5.92 Å². The first kappa shape index (κ1) is 13.1. The summed E-state index contributed by atoms with van der Waals surface area (Å²) >= 11 is 0. The maximum atomic E-state index is 12.3. The number of carboxylic acids is 1. The largest absolute Gasteiger partial charge is 0.481 e. The van der Waals surface area contributed by atoms with Crippen LogP contribution >= 0.6 is 0 Å². The van der Waals surface area contributed by atoms with Crippen molar-refractivity contribution < 1.29 is 14.7 Å². The second-order valence-electron chi connectivity index (χ2n) is 5.64. The zero-order chi connectivity index (χ0) is 14.1. The minimum absolute atomic E-state index is 0.175. The molecule has 0 saturated heterocycles. The molecule has 1 saturated carbocycles. The third-order valence-corrected chi connectivity index (χ3v) is 4.38. The monoisotopic (exact) mass is 277 g/mol. The Morgan fingerprint density at radius 3 is 2.95 bits per heavy atom. The fourth-order valence-corrected chi connectivity index (χ4v) is 3.29. The number of carbonyl (C=O) groups is 2. The van der Waals surface area contributed by atoms with E-state index in [1.54, 1.807) is 6.20 Å². The van der Waals surface area contributed by atoms with Crippen molar-refractivity contribution in [3.8, 4) is 0 Å². The van der Waals surface area contributed by atoms with Crippen LogP contribution in [-0.4, -0.2) is 32.8 Å². The number of amides is 1. The normalized spacial score (nSPS) is 25.2. The predicted octanol–water partition coefficient (Wildman–Crippen LogP) is 1.20. The number of aromatic nitrogens is 2. The summed E-state index contributed by atoms with van der Waals surface area (Å²) in [4.78, 5) is 23.5. The van der Waals surface area contributed by atoms with Gasteiger partial charge < -0.3 is 10.4 Å². The van der Waals surface area contributed by atoms with E-state index in [4.69, 9.17) is 5.11 Å². The SMILES string of the molecule is O=C(N[C@H]1CCC[C@H]1C(=O)O)c1cnn2c1CCCC2. The minimum Gasteiger partial charge on any atom is -0.481 e. The number of fused-ring (bicyclic) bond motifs is 1. The molecule has 1 aromatic rings. The van der Waals surface area contributed by atoms with Gasteiger partial charge in [-0.05, 0) is 32.1 Å². The lowest BCUT2D eigenvalue weighted by Gasteiger charge is -2.18. The molecule has 0 bridgehead atoms. The lowest BCUT2D eigenvalue weighted by Crippen LogP contribution is -2.40. The second kappa shape index (κ2) is 5.26. The molecule has 1 aliphatic heterocycles. The van der Waals surface area contributed by atoms with Crippen LogP contribution < -0.4 is 5.32 Å². The Balaban J connectivity index is 1.73. The van der Waals surface area contributed by atoms with Crippen molar-refractivity contribution >= 4 is 11.9 Å². The smallest absolute Gasteiger partial charge is 0.308 e. The molecule has 1 fully saturated rings. The molecule has 108 valence electrons. The number of hydrogen-bond acceptors (Lipinski definition) is 3. The molecule has 1 aliphatic carbocycles. The summed E-state index contributed by atoms with van der Waals surface area (Å²) < 4.78 is 1.89. The van der Waals surface area contributed by atoms with Crippen LogP contribution in [0.3, 0.4) is 0 Å². The van der Waals surface area contributed by atoms with Crippen molar-refractivity contribution in [2.75, 3.05) is 0 Å². The van der Waals surface area contributed by atoms with E-state index in [0.717, 1.165) is 44.3 Å². The van der Waals surface area contributed by atoms with Gasteiger partial charge in [0, 0.05) is 12.6 Å². The molecule has 0 aromatic carbocycles. The third-order valence-electron chi connectivity index (χ3n) is 4.38. The van der Waals surface area contributed by atoms with Crippen molar-refractivity contribution in [1.29, 1.82) is 0 Å². The molecule has 2 heterocycles. The van der Waals surface area contributed by atoms with Crippen molar-refractivity contribution in [3.05, 3.63) is 17.5 Å². The first-order chi connectivity index (χ1) is 9.66. The summed E-state index contributed by atoms with van der Waals surface area (Å²) in [7, 11) is 0. The van der Waals surface area contributed by atoms with Gasteiger partial charge in [0.2, 0.25) is 0 Å². The Bertz CT molecular complexity index is 538. The highest BCUT2D eigenvalue weighted by Crippen LogP contribution is 2.26. The summed E-state index contributed by atoms with van der Waals surface area (Å²) in [5.74, 6) is -1.44. The maximum absolute atomic E-state index is 12.3. The zero-order valence-electron chi connectivity index (χ0n) is 11.3. The molecule has 0 unspecified atom stereocenters. The fourth-order valence-electron chi connectivity index (χ4n) is 3.29. The van der Waals surface area contributed by atoms with E-state index in [-0.39, 0.29) is 11.9 Å². The summed E-state index contributed by atoms with van der Waals surface area (Å²) in [6, 6.07) is -0.251. The van der Waals surface area contributed by atoms with Gasteiger partial charge in [0.15, 0.2) is 0 Å². The first-order valence-corrected chi connectivity index (χ1v) is 7.25. The maximum Gasteiger partial charge on any atom is 0.308 e. The highest BCUT2D eigenvalue weighted by atomic mass is 16.4. The van der Waals surface area contributed by atoms with Gasteiger partial charge in [0.1, 0.15) is 0 Å². The van der Waals surface area contributed by atoms with E-state index in [0.29, 0.717) is 12.0 Å². The average Bonchev–Trinajstić information content (AvgIpc) is 3.04. The number of carbonyl (C=O) groups excluding carboxylic acids is 1. The Morgan fingerprint density at radius 2 is 2.15 bits per heavy atom. The molecular formula is C14H19N3O3. The van der Waals surface area contributed by atoms with Gasteiger partial charge in [-0.25, -0.2) is 0 Å². The van der Waals surface area contributed by atoms with E-state index in [2.05, 4.69) is 10.4 Å². The molecular weight excluding hydrogens is 258 g/mol. The summed E-state index contributed by atoms with van der Waals surface area (Å²) in [5.41, 5.74) is 1.60. The molecule has 2 aliphatic rings. The zero-order valence-corrected chi connectivity index (χ0v) is 11.3. The number of carboxylic acid groups (broad SMARTS) is 1. The van der Waals surface area contributed by atoms with Gasteiger partial charge in [0.05, 0.1) is 23.4 Å². The Kier molecular flexibility index (Phi) is 3.46. The lowest BCUT2D eigenvalue weighted by atomic mass is 10.0. The van der Waals surface area contributed by atoms with E-state index in [9.17, 15) is 9.59 Å². The van der Waals surface area contributed by atoms with Crippen LogP contribution in [0.5, 0.6) is 0 Å². The number of rotatable bonds is 3. The van der Waals surface area contributed by atoms with Crippen LogP contribution in [0.15, 0.2) is 6.20 Å². The summed E-state index contributed by atoms with van der Waals surface area (Å²) in [5, 5.41) is 16.3. The number of nitrogens with one attached hydrogen (secondary N) is 1. The molecule has 6 heteroatoms. The number of hydrogen-bond donors (Lipinski definition) is 2. The molecule has 20 heavy (non-hydrogen) atoms. The topological polar surface area (TPSA) is 84.2 Å². The standard InChI is InChI=1S/C14H19N3O3/c18-13(16-11-5-3-4-9(11)14(19)20)10-8-15-17-7-2-1-6-12(10)17/h8-9,11H,1-7H2,(H,16,18)(H,19,20)/t9-,11+/m1/s1. The van der Waals surface area contributed by atoms with E-state index >= 15 is 0 Å². The average molecular weight is 277 g/mol. The number of aryl methyl sites for hydroxylation is 1. The van der Waals surface area contributed by atoms with Crippen LogP contribution in [0.2, 0.25) is 0 Å². The molecule has 2 N–H and O–H groups in total. The number of aliphatic carboxylic acids is 1. The molecule has 1 aromatic heterocycles. The first-order valence-electron chi connectivity index (χ1n) is 7.25. The van der Waals surface area contributed by atoms with E-state index in [1.807, 2.05) is 4.68 Å². The molecule has 1 amide bonds. The summed E-state index contributed by atoms with van der Waals surface area (Å²) in [6.45, 7) is 0.865. The van der Waals surface area contributed by atoms with Crippen molar-refractivity contribution in [1.82, 2.24) is 15.1 Å². The van der Waals surface area contributed by atoms with Crippen LogP contribution in [0.1, 0.15) is 48.2 Å². The van der Waals surface area contributed by atoms with E-state index in [1.165, 1.54) is 0 Å². The van der Waals surface area contributed by atoms with Gasteiger partial charge in [-0.2, -0.15) is 5.10 Å². The predicted molar refractivity (Wildman–Crippen MR) is 71.4 cm³/mol. The van der Waals surface area contributed by atoms with Gasteiger partial charge in [-0.15, -0.1) is 0 Å². The third kappa shape index (κ3) is 2.30. The van der Waals surface area contributed by atoms with Crippen LogP contribution in [-0.2, 0) is 17.8 Å².